The Bertz CT molecular complexity index is 973. The van der Waals surface area contributed by atoms with E-state index in [-0.39, 0.29) is 35.3 Å². The number of halogens is 1. The van der Waals surface area contributed by atoms with Crippen LogP contribution in [0.25, 0.3) is 0 Å². The number of amides is 2. The number of anilines is 1. The van der Waals surface area contributed by atoms with Crippen molar-refractivity contribution >= 4 is 17.5 Å². The van der Waals surface area contributed by atoms with Gasteiger partial charge < -0.3 is 15.4 Å². The average Bonchev–Trinajstić information content (AvgIpc) is 2.73. The number of benzene rings is 2. The molecule has 0 unspecified atom stereocenters. The molecule has 0 radical (unpaired) electrons. The molecule has 142 valence electrons. The van der Waals surface area contributed by atoms with Crippen LogP contribution in [-0.4, -0.2) is 23.9 Å². The molecule has 0 aliphatic carbocycles. The van der Waals surface area contributed by atoms with E-state index in [4.69, 9.17) is 4.74 Å². The molecule has 6 nitrogen and oxygen atoms in total. The second-order valence-corrected chi connectivity index (χ2v) is 5.95. The summed E-state index contributed by atoms with van der Waals surface area (Å²) in [6.45, 7) is 0.237. The van der Waals surface area contributed by atoms with E-state index < -0.39 is 0 Å². The summed E-state index contributed by atoms with van der Waals surface area (Å²) in [5.74, 6) is -0.420. The van der Waals surface area contributed by atoms with Crippen molar-refractivity contribution in [3.63, 3.8) is 0 Å². The lowest BCUT2D eigenvalue weighted by atomic mass is 10.1. The number of ether oxygens (including phenoxy) is 1. The van der Waals surface area contributed by atoms with E-state index in [9.17, 15) is 14.0 Å². The van der Waals surface area contributed by atoms with Crippen LogP contribution in [0.15, 0.2) is 67.0 Å². The Kier molecular flexibility index (Phi) is 5.96. The van der Waals surface area contributed by atoms with Crippen LogP contribution < -0.4 is 15.4 Å². The first-order valence-electron chi connectivity index (χ1n) is 8.48. The molecule has 1 aromatic heterocycles. The zero-order valence-corrected chi connectivity index (χ0v) is 15.1. The summed E-state index contributed by atoms with van der Waals surface area (Å²) in [7, 11) is 1.56. The zero-order chi connectivity index (χ0) is 19.9. The maximum absolute atomic E-state index is 12.9. The smallest absolute Gasteiger partial charge is 0.257 e. The lowest BCUT2D eigenvalue weighted by Gasteiger charge is -2.08. The van der Waals surface area contributed by atoms with E-state index >= 15 is 0 Å². The zero-order valence-electron chi connectivity index (χ0n) is 15.1. The molecule has 0 saturated heterocycles. The fourth-order valence-electron chi connectivity index (χ4n) is 2.45. The van der Waals surface area contributed by atoms with Gasteiger partial charge in [-0.1, -0.05) is 12.1 Å². The van der Waals surface area contributed by atoms with Gasteiger partial charge in [0.15, 0.2) is 0 Å². The van der Waals surface area contributed by atoms with Crippen LogP contribution in [0.5, 0.6) is 5.75 Å². The van der Waals surface area contributed by atoms with Crippen LogP contribution >= 0.6 is 0 Å². The highest BCUT2D eigenvalue weighted by Gasteiger charge is 2.12. The number of aromatic nitrogens is 1. The normalized spacial score (nSPS) is 10.2. The number of nitrogens with zero attached hydrogens (tertiary/aromatic N) is 1. The van der Waals surface area contributed by atoms with Gasteiger partial charge in [-0.2, -0.15) is 0 Å². The predicted molar refractivity (Wildman–Crippen MR) is 103 cm³/mol. The Morgan fingerprint density at radius 2 is 1.61 bits per heavy atom. The van der Waals surface area contributed by atoms with Crippen LogP contribution in [0.4, 0.5) is 10.1 Å². The van der Waals surface area contributed by atoms with E-state index in [1.54, 1.807) is 43.5 Å². The quantitative estimate of drug-likeness (QED) is 0.688. The molecule has 28 heavy (non-hydrogen) atoms. The SMILES string of the molecule is COc1ccc(NC(=O)c2cncc(C(=O)NCc3ccc(F)cc3)c2)cc1. The maximum atomic E-state index is 12.9. The third-order valence-corrected chi connectivity index (χ3v) is 3.98. The predicted octanol–water partition coefficient (Wildman–Crippen LogP) is 3.41. The fraction of sp³-hybridized carbons (Fsp3) is 0.0952. The van der Waals surface area contributed by atoms with Crippen LogP contribution in [0.1, 0.15) is 26.3 Å². The first-order valence-corrected chi connectivity index (χ1v) is 8.48. The largest absolute Gasteiger partial charge is 0.497 e. The van der Waals surface area contributed by atoms with E-state index in [1.165, 1.54) is 30.6 Å². The summed E-state index contributed by atoms with van der Waals surface area (Å²) in [6.07, 6.45) is 2.76. The molecule has 0 spiro atoms. The minimum atomic E-state index is -0.383. The van der Waals surface area contributed by atoms with Gasteiger partial charge in [-0.15, -0.1) is 0 Å². The van der Waals surface area contributed by atoms with Crippen molar-refractivity contribution in [1.82, 2.24) is 10.3 Å². The van der Waals surface area contributed by atoms with Crippen molar-refractivity contribution in [1.29, 1.82) is 0 Å². The standard InChI is InChI=1S/C21H18FN3O3/c1-28-19-8-6-18(7-9-19)25-21(27)16-10-15(12-23-13-16)20(26)24-11-14-2-4-17(22)5-3-14/h2-10,12-13H,11H2,1H3,(H,24,26)(H,25,27). The highest BCUT2D eigenvalue weighted by atomic mass is 19.1. The van der Waals surface area contributed by atoms with Crippen molar-refractivity contribution in [2.75, 3.05) is 12.4 Å². The monoisotopic (exact) mass is 379 g/mol. The Morgan fingerprint density at radius 3 is 2.25 bits per heavy atom. The molecule has 0 bridgehead atoms. The molecule has 2 N–H and O–H groups in total. The van der Waals surface area contributed by atoms with Gasteiger partial charge in [0.2, 0.25) is 0 Å². The fourth-order valence-corrected chi connectivity index (χ4v) is 2.45. The number of methoxy groups -OCH3 is 1. The van der Waals surface area contributed by atoms with E-state index in [1.807, 2.05) is 0 Å². The number of hydrogen-bond acceptors (Lipinski definition) is 4. The second kappa shape index (κ2) is 8.77. The van der Waals surface area contributed by atoms with Crippen LogP contribution in [0, 0.1) is 5.82 Å². The Hall–Kier alpha value is -3.74. The summed E-state index contributed by atoms with van der Waals surface area (Å²) < 4.78 is 18.0. The molecular formula is C21H18FN3O3. The van der Waals surface area contributed by atoms with Crippen molar-refractivity contribution in [2.24, 2.45) is 0 Å². The molecule has 7 heteroatoms. The first-order chi connectivity index (χ1) is 13.5. The Morgan fingerprint density at radius 1 is 0.964 bits per heavy atom. The van der Waals surface area contributed by atoms with Gasteiger partial charge in [-0.05, 0) is 48.0 Å². The number of rotatable bonds is 6. The van der Waals surface area contributed by atoms with Crippen molar-refractivity contribution in [3.8, 4) is 5.75 Å². The van der Waals surface area contributed by atoms with E-state index in [0.29, 0.717) is 11.4 Å². The number of hydrogen-bond donors (Lipinski definition) is 2. The lowest BCUT2D eigenvalue weighted by Crippen LogP contribution is -2.23. The number of nitrogens with one attached hydrogen (secondary N) is 2. The number of pyridine rings is 1. The van der Waals surface area contributed by atoms with Gasteiger partial charge in [0.1, 0.15) is 11.6 Å². The van der Waals surface area contributed by atoms with Gasteiger partial charge in [-0.25, -0.2) is 4.39 Å². The molecule has 0 atom stereocenters. The molecule has 0 aliphatic heterocycles. The van der Waals surface area contributed by atoms with Gasteiger partial charge in [0, 0.05) is 24.6 Å². The van der Waals surface area contributed by atoms with Crippen LogP contribution in [-0.2, 0) is 6.54 Å². The van der Waals surface area contributed by atoms with Crippen molar-refractivity contribution in [3.05, 3.63) is 89.5 Å². The van der Waals surface area contributed by atoms with Gasteiger partial charge in [0.05, 0.1) is 18.2 Å². The van der Waals surface area contributed by atoms with E-state index in [0.717, 1.165) is 5.56 Å². The summed E-state index contributed by atoms with van der Waals surface area (Å²) in [5.41, 5.74) is 1.86. The summed E-state index contributed by atoms with van der Waals surface area (Å²) in [6, 6.07) is 14.2. The lowest BCUT2D eigenvalue weighted by molar-refractivity contribution is 0.0950. The minimum Gasteiger partial charge on any atom is -0.497 e. The van der Waals surface area contributed by atoms with Gasteiger partial charge in [-0.3, -0.25) is 14.6 Å². The second-order valence-electron chi connectivity index (χ2n) is 5.95. The number of carbonyl (C=O) groups is 2. The highest BCUT2D eigenvalue weighted by molar-refractivity contribution is 6.05. The molecule has 1 heterocycles. The summed E-state index contributed by atoms with van der Waals surface area (Å²) in [5, 5.41) is 5.45. The molecule has 2 aromatic carbocycles. The molecule has 0 fully saturated rings. The Labute approximate surface area is 161 Å². The Balaban J connectivity index is 1.64. The average molecular weight is 379 g/mol. The summed E-state index contributed by atoms with van der Waals surface area (Å²) >= 11 is 0. The molecule has 3 aromatic rings. The van der Waals surface area contributed by atoms with Crippen molar-refractivity contribution in [2.45, 2.75) is 6.54 Å². The highest BCUT2D eigenvalue weighted by Crippen LogP contribution is 2.16. The van der Waals surface area contributed by atoms with Crippen LogP contribution in [0.3, 0.4) is 0 Å². The first kappa shape index (κ1) is 19.0. The third-order valence-electron chi connectivity index (χ3n) is 3.98. The van der Waals surface area contributed by atoms with Gasteiger partial charge >= 0.3 is 0 Å². The molecule has 0 aliphatic rings. The van der Waals surface area contributed by atoms with Crippen molar-refractivity contribution < 1.29 is 18.7 Å². The topological polar surface area (TPSA) is 80.3 Å². The third kappa shape index (κ3) is 4.91. The minimum absolute atomic E-state index is 0.237. The van der Waals surface area contributed by atoms with E-state index in [2.05, 4.69) is 15.6 Å². The van der Waals surface area contributed by atoms with Gasteiger partial charge in [0.25, 0.3) is 11.8 Å². The molecule has 2 amide bonds. The van der Waals surface area contributed by atoms with Crippen LogP contribution in [0.2, 0.25) is 0 Å². The number of carbonyl (C=O) groups excluding carboxylic acids is 2. The summed E-state index contributed by atoms with van der Waals surface area (Å²) in [4.78, 5) is 28.7. The molecular weight excluding hydrogens is 361 g/mol. The molecule has 3 rings (SSSR count). The maximum Gasteiger partial charge on any atom is 0.257 e. The molecule has 0 saturated carbocycles.